The van der Waals surface area contributed by atoms with Crippen LogP contribution in [0.25, 0.3) is 0 Å². The van der Waals surface area contributed by atoms with Crippen molar-refractivity contribution in [2.45, 2.75) is 32.1 Å². The van der Waals surface area contributed by atoms with Crippen molar-refractivity contribution in [3.05, 3.63) is 45.1 Å². The monoisotopic (exact) mass is 366 g/mol. The summed E-state index contributed by atoms with van der Waals surface area (Å²) in [4.78, 5) is 14.4. The Bertz CT molecular complexity index is 868. The van der Waals surface area contributed by atoms with Crippen molar-refractivity contribution in [2.75, 3.05) is 19.4 Å². The van der Waals surface area contributed by atoms with Crippen LogP contribution in [0.15, 0.2) is 29.2 Å². The molecule has 24 heavy (non-hydrogen) atoms. The van der Waals surface area contributed by atoms with Crippen LogP contribution in [0.1, 0.15) is 32.6 Å². The fourth-order valence-electron chi connectivity index (χ4n) is 2.33. The van der Waals surface area contributed by atoms with Gasteiger partial charge in [0.05, 0.1) is 9.77 Å². The van der Waals surface area contributed by atoms with Crippen LogP contribution in [0.2, 0.25) is 0 Å². The molecule has 1 amide bonds. The maximum Gasteiger partial charge on any atom is 0.265 e. The molecule has 0 radical (unpaired) electrons. The van der Waals surface area contributed by atoms with Gasteiger partial charge in [0.1, 0.15) is 0 Å². The van der Waals surface area contributed by atoms with E-state index in [0.29, 0.717) is 16.1 Å². The number of nitrogens with zero attached hydrogens (tertiary/aromatic N) is 1. The zero-order valence-corrected chi connectivity index (χ0v) is 16.1. The van der Waals surface area contributed by atoms with Crippen LogP contribution in [0.3, 0.4) is 0 Å². The molecule has 0 aliphatic heterocycles. The molecular formula is C17H22N2O3S2. The first-order valence-electron chi connectivity index (χ1n) is 7.60. The second-order valence-electron chi connectivity index (χ2n) is 5.79. The molecule has 1 aromatic heterocycles. The number of sulfonamides is 1. The van der Waals surface area contributed by atoms with E-state index in [4.69, 9.17) is 0 Å². The van der Waals surface area contributed by atoms with E-state index >= 15 is 0 Å². The molecule has 1 N–H and O–H groups in total. The maximum absolute atomic E-state index is 12.4. The highest BCUT2D eigenvalue weighted by molar-refractivity contribution is 7.89. The number of rotatable bonds is 5. The number of anilines is 1. The van der Waals surface area contributed by atoms with Gasteiger partial charge in [-0.2, -0.15) is 0 Å². The summed E-state index contributed by atoms with van der Waals surface area (Å²) in [6, 6.07) is 6.78. The molecule has 0 fully saturated rings. The first-order valence-corrected chi connectivity index (χ1v) is 9.86. The predicted molar refractivity (Wildman–Crippen MR) is 98.4 cm³/mol. The number of nitrogens with one attached hydrogen (secondary N) is 1. The average molecular weight is 367 g/mol. The van der Waals surface area contributed by atoms with Crippen molar-refractivity contribution in [1.29, 1.82) is 0 Å². The highest BCUT2D eigenvalue weighted by Crippen LogP contribution is 2.25. The lowest BCUT2D eigenvalue weighted by Gasteiger charge is -2.15. The van der Waals surface area contributed by atoms with Gasteiger partial charge in [0.15, 0.2) is 0 Å². The molecule has 7 heteroatoms. The van der Waals surface area contributed by atoms with Gasteiger partial charge in [-0.05, 0) is 49.6 Å². The normalized spacial score (nSPS) is 11.8. The number of benzene rings is 1. The molecule has 1 heterocycles. The number of hydrogen-bond acceptors (Lipinski definition) is 4. The number of amides is 1. The Balaban J connectivity index is 2.32. The molecule has 5 nitrogen and oxygen atoms in total. The van der Waals surface area contributed by atoms with Gasteiger partial charge in [0, 0.05) is 24.7 Å². The standard InChI is InChI=1S/C17H22N2O3S2/c1-6-14-12(3)9-15(23-14)17(20)18-13-8-7-11(2)16(10-13)24(21,22)19(4)5/h7-10H,6H2,1-5H3,(H,18,20). The lowest BCUT2D eigenvalue weighted by atomic mass is 10.2. The van der Waals surface area contributed by atoms with Crippen molar-refractivity contribution in [3.63, 3.8) is 0 Å². The molecule has 0 bridgehead atoms. The average Bonchev–Trinajstić information content (AvgIpc) is 2.90. The molecule has 130 valence electrons. The summed E-state index contributed by atoms with van der Waals surface area (Å²) in [5, 5.41) is 2.79. The molecular weight excluding hydrogens is 344 g/mol. The third-order valence-corrected chi connectivity index (χ3v) is 7.11. The molecule has 0 aliphatic carbocycles. The number of carbonyl (C=O) groups is 1. The second-order valence-corrected chi connectivity index (χ2v) is 9.05. The summed E-state index contributed by atoms with van der Waals surface area (Å²) in [5.41, 5.74) is 2.21. The van der Waals surface area contributed by atoms with Crippen molar-refractivity contribution in [1.82, 2.24) is 4.31 Å². The van der Waals surface area contributed by atoms with E-state index in [1.165, 1.54) is 36.4 Å². The number of aryl methyl sites for hydroxylation is 3. The van der Waals surface area contributed by atoms with Crippen molar-refractivity contribution >= 4 is 33.0 Å². The Hall–Kier alpha value is -1.70. The SMILES string of the molecule is CCc1sc(C(=O)Nc2ccc(C)c(S(=O)(=O)N(C)C)c2)cc1C. The summed E-state index contributed by atoms with van der Waals surface area (Å²) in [7, 11) is -0.579. The van der Waals surface area contributed by atoms with Crippen LogP contribution in [0.5, 0.6) is 0 Å². The van der Waals surface area contributed by atoms with Crippen LogP contribution < -0.4 is 5.32 Å². The van der Waals surface area contributed by atoms with Crippen LogP contribution in [0.4, 0.5) is 5.69 Å². The number of thiophene rings is 1. The number of carbonyl (C=O) groups excluding carboxylic acids is 1. The lowest BCUT2D eigenvalue weighted by molar-refractivity contribution is 0.103. The summed E-state index contributed by atoms with van der Waals surface area (Å²) in [6.07, 6.45) is 0.888. The molecule has 2 rings (SSSR count). The molecule has 0 unspecified atom stereocenters. The van der Waals surface area contributed by atoms with E-state index in [2.05, 4.69) is 12.2 Å². The van der Waals surface area contributed by atoms with Crippen LogP contribution in [0, 0.1) is 13.8 Å². The Morgan fingerprint density at radius 1 is 1.17 bits per heavy atom. The topological polar surface area (TPSA) is 66.5 Å². The minimum absolute atomic E-state index is 0.196. The van der Waals surface area contributed by atoms with E-state index in [0.717, 1.165) is 16.3 Å². The van der Waals surface area contributed by atoms with E-state index in [-0.39, 0.29) is 10.8 Å². The molecule has 0 saturated heterocycles. The zero-order valence-electron chi connectivity index (χ0n) is 14.5. The Morgan fingerprint density at radius 2 is 1.83 bits per heavy atom. The fourth-order valence-corrected chi connectivity index (χ4v) is 4.48. The van der Waals surface area contributed by atoms with Gasteiger partial charge in [0.2, 0.25) is 10.0 Å². The molecule has 0 atom stereocenters. The Morgan fingerprint density at radius 3 is 2.38 bits per heavy atom. The van der Waals surface area contributed by atoms with Crippen molar-refractivity contribution in [3.8, 4) is 0 Å². The summed E-state index contributed by atoms with van der Waals surface area (Å²) >= 11 is 1.47. The summed E-state index contributed by atoms with van der Waals surface area (Å²) < 4.78 is 25.9. The zero-order chi connectivity index (χ0) is 18.1. The minimum Gasteiger partial charge on any atom is -0.321 e. The highest BCUT2D eigenvalue weighted by Gasteiger charge is 2.21. The lowest BCUT2D eigenvalue weighted by Crippen LogP contribution is -2.23. The van der Waals surface area contributed by atoms with Gasteiger partial charge in [-0.1, -0.05) is 13.0 Å². The van der Waals surface area contributed by atoms with Gasteiger partial charge in [-0.25, -0.2) is 12.7 Å². The minimum atomic E-state index is -3.55. The third-order valence-electron chi connectivity index (χ3n) is 3.77. The maximum atomic E-state index is 12.4. The first kappa shape index (κ1) is 18.6. The van der Waals surface area contributed by atoms with Gasteiger partial charge in [0.25, 0.3) is 5.91 Å². The molecule has 2 aromatic rings. The summed E-state index contributed by atoms with van der Waals surface area (Å²) in [5.74, 6) is -0.222. The third kappa shape index (κ3) is 3.68. The van der Waals surface area contributed by atoms with Crippen molar-refractivity contribution in [2.24, 2.45) is 0 Å². The fraction of sp³-hybridized carbons (Fsp3) is 0.353. The Labute approximate surface area is 147 Å². The molecule has 0 saturated carbocycles. The summed E-state index contributed by atoms with van der Waals surface area (Å²) in [6.45, 7) is 5.77. The number of hydrogen-bond donors (Lipinski definition) is 1. The molecule has 1 aromatic carbocycles. The smallest absolute Gasteiger partial charge is 0.265 e. The van der Waals surface area contributed by atoms with Gasteiger partial charge >= 0.3 is 0 Å². The quantitative estimate of drug-likeness (QED) is 0.881. The van der Waals surface area contributed by atoms with E-state index < -0.39 is 10.0 Å². The molecule has 0 aliphatic rings. The van der Waals surface area contributed by atoms with Crippen LogP contribution in [-0.2, 0) is 16.4 Å². The second kappa shape index (κ2) is 7.04. The largest absolute Gasteiger partial charge is 0.321 e. The van der Waals surface area contributed by atoms with E-state index in [1.54, 1.807) is 19.1 Å². The van der Waals surface area contributed by atoms with Crippen LogP contribution >= 0.6 is 11.3 Å². The van der Waals surface area contributed by atoms with Gasteiger partial charge in [-0.15, -0.1) is 11.3 Å². The van der Waals surface area contributed by atoms with Gasteiger partial charge in [-0.3, -0.25) is 4.79 Å². The van der Waals surface area contributed by atoms with E-state index in [1.807, 2.05) is 13.0 Å². The van der Waals surface area contributed by atoms with Gasteiger partial charge < -0.3 is 5.32 Å². The Kier molecular flexibility index (Phi) is 5.47. The van der Waals surface area contributed by atoms with Crippen LogP contribution in [-0.4, -0.2) is 32.7 Å². The van der Waals surface area contributed by atoms with E-state index in [9.17, 15) is 13.2 Å². The highest BCUT2D eigenvalue weighted by atomic mass is 32.2. The first-order chi connectivity index (χ1) is 11.2. The predicted octanol–water partition coefficient (Wildman–Crippen LogP) is 3.43. The van der Waals surface area contributed by atoms with Crippen molar-refractivity contribution < 1.29 is 13.2 Å². The molecule has 0 spiro atoms.